The zero-order valence-corrected chi connectivity index (χ0v) is 27.4. The van der Waals surface area contributed by atoms with Crippen molar-refractivity contribution >= 4 is 38.8 Å². The second-order valence-electron chi connectivity index (χ2n) is 13.5. The lowest BCUT2D eigenvalue weighted by Crippen LogP contribution is -2.48. The van der Waals surface area contributed by atoms with Crippen molar-refractivity contribution < 1.29 is 27.5 Å². The Morgan fingerprint density at radius 2 is 1.72 bits per heavy atom. The number of nitrogens with one attached hydrogen (secondary N) is 2. The van der Waals surface area contributed by atoms with Gasteiger partial charge in [-0.2, -0.15) is 12.7 Å². The molecule has 3 fully saturated rings. The van der Waals surface area contributed by atoms with E-state index in [1.165, 1.54) is 26.1 Å². The van der Waals surface area contributed by atoms with E-state index in [-0.39, 0.29) is 11.5 Å². The number of likely N-dealkylation sites (tertiary alicyclic amines) is 1. The highest BCUT2D eigenvalue weighted by Crippen LogP contribution is 2.60. The van der Waals surface area contributed by atoms with Crippen molar-refractivity contribution in [2.24, 2.45) is 0 Å². The molecule has 3 amide bonds. The molecule has 4 aliphatic rings. The summed E-state index contributed by atoms with van der Waals surface area (Å²) < 4.78 is 36.0. The minimum Gasteiger partial charge on any atom is -0.497 e. The Kier molecular flexibility index (Phi) is 7.63. The summed E-state index contributed by atoms with van der Waals surface area (Å²) in [6.45, 7) is 1.59. The van der Waals surface area contributed by atoms with Gasteiger partial charge in [-0.3, -0.25) is 14.4 Å². The van der Waals surface area contributed by atoms with Gasteiger partial charge < -0.3 is 19.5 Å². The number of hydrogen-bond acceptors (Lipinski definition) is 6. The highest BCUT2D eigenvalue weighted by Gasteiger charge is 2.59. The molecule has 2 aliphatic carbocycles. The number of benzene rings is 2. The van der Waals surface area contributed by atoms with Gasteiger partial charge >= 0.3 is 22.0 Å². The highest BCUT2D eigenvalue weighted by atomic mass is 32.2. The number of rotatable bonds is 6. The van der Waals surface area contributed by atoms with Crippen LogP contribution in [0.3, 0.4) is 0 Å². The van der Waals surface area contributed by atoms with Crippen LogP contribution in [0.2, 0.25) is 0 Å². The van der Waals surface area contributed by atoms with Crippen LogP contribution in [-0.2, 0) is 26.3 Å². The van der Waals surface area contributed by atoms with Crippen molar-refractivity contribution in [3.63, 3.8) is 0 Å². The van der Waals surface area contributed by atoms with Crippen LogP contribution in [0.5, 0.6) is 5.75 Å². The number of nitrogens with zero attached hydrogens (tertiary/aromatic N) is 3. The quantitative estimate of drug-likeness (QED) is 0.391. The van der Waals surface area contributed by atoms with E-state index in [1.807, 2.05) is 12.1 Å². The molecule has 11 nitrogen and oxygen atoms in total. The fourth-order valence-electron chi connectivity index (χ4n) is 7.91. The minimum atomic E-state index is -3.99. The van der Waals surface area contributed by atoms with Crippen LogP contribution >= 0.6 is 0 Å². The zero-order valence-electron chi connectivity index (χ0n) is 26.6. The Labute approximate surface area is 269 Å². The average molecular weight is 648 g/mol. The van der Waals surface area contributed by atoms with Gasteiger partial charge in [-0.15, -0.1) is 0 Å². The lowest BCUT2D eigenvalue weighted by molar-refractivity contribution is -0.145. The standard InChI is InChI=1S/C34H41N5O6S/c1-37(2)46(43,44)36-31(40)22-11-13-25-28(17-22)39-20-34(35-32(41)33(42)38-15-7-8-16-38)19-27(34)26-18-23(45-3)12-14-24(26)30(39)29(25)21-9-5-4-6-10-21/h11-14,17-18,21,27H,4-10,15-16,19-20H2,1-3H3,(H,35,41)(H,36,40). The number of methoxy groups -OCH3 is 1. The number of amides is 3. The molecule has 12 heteroatoms. The second-order valence-corrected chi connectivity index (χ2v) is 15.3. The Morgan fingerprint density at radius 1 is 0.978 bits per heavy atom. The van der Waals surface area contributed by atoms with Crippen LogP contribution in [0, 0.1) is 0 Å². The predicted octanol–water partition coefficient (Wildman–Crippen LogP) is 3.88. The fourth-order valence-corrected chi connectivity index (χ4v) is 8.44. The summed E-state index contributed by atoms with van der Waals surface area (Å²) in [7, 11) is 0.380. The van der Waals surface area contributed by atoms with E-state index < -0.39 is 33.5 Å². The summed E-state index contributed by atoms with van der Waals surface area (Å²) in [4.78, 5) is 41.5. The Bertz CT molecular complexity index is 1850. The molecule has 1 saturated heterocycles. The Balaban J connectivity index is 1.39. The van der Waals surface area contributed by atoms with E-state index in [2.05, 4.69) is 26.7 Å². The molecule has 3 aromatic rings. The summed E-state index contributed by atoms with van der Waals surface area (Å²) in [5, 5.41) is 4.20. The van der Waals surface area contributed by atoms with Crippen LogP contribution < -0.4 is 14.8 Å². The summed E-state index contributed by atoms with van der Waals surface area (Å²) in [6, 6.07) is 11.5. The van der Waals surface area contributed by atoms with Crippen molar-refractivity contribution in [2.45, 2.75) is 75.3 Å². The Hall–Kier alpha value is -3.90. The first-order valence-corrected chi connectivity index (χ1v) is 17.7. The van der Waals surface area contributed by atoms with Crippen LogP contribution in [0.4, 0.5) is 0 Å². The van der Waals surface area contributed by atoms with Crippen LogP contribution in [0.25, 0.3) is 22.2 Å². The first-order chi connectivity index (χ1) is 22.0. The SMILES string of the molecule is COc1ccc2c(c1)C1CC1(NC(=O)C(=O)N1CCCC1)Cn1c-2c(C2CCCCC2)c2ccc(C(=O)NS(=O)(=O)N(C)C)cc21. The number of ether oxygens (including phenoxy) is 1. The molecule has 2 saturated carbocycles. The molecular formula is C34H41N5O6S. The second kappa shape index (κ2) is 11.4. The first kappa shape index (κ1) is 30.7. The van der Waals surface area contributed by atoms with Gasteiger partial charge in [-0.25, -0.2) is 4.72 Å². The molecule has 2 atom stereocenters. The van der Waals surface area contributed by atoms with Gasteiger partial charge in [0.15, 0.2) is 0 Å². The number of aromatic nitrogens is 1. The maximum absolute atomic E-state index is 13.5. The third-order valence-corrected chi connectivity index (χ3v) is 11.8. The van der Waals surface area contributed by atoms with Gasteiger partial charge in [0.2, 0.25) is 0 Å². The lowest BCUT2D eigenvalue weighted by atomic mass is 9.81. The monoisotopic (exact) mass is 647 g/mol. The minimum absolute atomic E-state index is 0.0289. The molecule has 3 heterocycles. The van der Waals surface area contributed by atoms with E-state index in [4.69, 9.17) is 4.74 Å². The topological polar surface area (TPSA) is 130 Å². The molecule has 0 bridgehead atoms. The van der Waals surface area contributed by atoms with E-state index in [0.717, 1.165) is 76.3 Å². The van der Waals surface area contributed by atoms with Crippen LogP contribution in [0.1, 0.15) is 84.7 Å². The molecule has 2 unspecified atom stereocenters. The number of carbonyl (C=O) groups is 3. The van der Waals surface area contributed by atoms with Crippen molar-refractivity contribution in [1.29, 1.82) is 0 Å². The van der Waals surface area contributed by atoms with Gasteiger partial charge in [-0.1, -0.05) is 25.3 Å². The van der Waals surface area contributed by atoms with E-state index in [9.17, 15) is 22.8 Å². The molecule has 7 rings (SSSR count). The molecule has 0 spiro atoms. The summed E-state index contributed by atoms with van der Waals surface area (Å²) in [5.41, 5.74) is 4.74. The van der Waals surface area contributed by atoms with Crippen molar-refractivity contribution in [1.82, 2.24) is 23.8 Å². The van der Waals surface area contributed by atoms with Crippen LogP contribution in [-0.4, -0.2) is 79.7 Å². The highest BCUT2D eigenvalue weighted by molar-refractivity contribution is 7.87. The van der Waals surface area contributed by atoms with Gasteiger partial charge in [0.05, 0.1) is 18.3 Å². The van der Waals surface area contributed by atoms with Gasteiger partial charge in [0.25, 0.3) is 5.91 Å². The zero-order chi connectivity index (χ0) is 32.4. The normalized spacial score (nSPS) is 22.5. The molecule has 46 heavy (non-hydrogen) atoms. The molecule has 2 N–H and O–H groups in total. The summed E-state index contributed by atoms with van der Waals surface area (Å²) in [5.74, 6) is -0.785. The third kappa shape index (κ3) is 5.15. The predicted molar refractivity (Wildman–Crippen MR) is 174 cm³/mol. The molecule has 2 aliphatic heterocycles. The lowest BCUT2D eigenvalue weighted by Gasteiger charge is -2.24. The number of hydrogen-bond donors (Lipinski definition) is 2. The summed E-state index contributed by atoms with van der Waals surface area (Å²) in [6.07, 6.45) is 8.03. The molecule has 244 valence electrons. The van der Waals surface area contributed by atoms with Gasteiger partial charge in [0, 0.05) is 61.7 Å². The van der Waals surface area contributed by atoms with Gasteiger partial charge in [-0.05, 0) is 79.5 Å². The molecule has 2 aromatic carbocycles. The first-order valence-electron chi connectivity index (χ1n) is 16.2. The fraction of sp³-hybridized carbons (Fsp3) is 0.500. The van der Waals surface area contributed by atoms with Crippen molar-refractivity contribution in [3.8, 4) is 17.0 Å². The maximum Gasteiger partial charge on any atom is 0.311 e. The summed E-state index contributed by atoms with van der Waals surface area (Å²) >= 11 is 0. The van der Waals surface area contributed by atoms with E-state index >= 15 is 0 Å². The van der Waals surface area contributed by atoms with E-state index in [0.29, 0.717) is 32.0 Å². The molecular weight excluding hydrogens is 606 g/mol. The number of carbonyl (C=O) groups excluding carboxylic acids is 3. The van der Waals surface area contributed by atoms with Gasteiger partial charge in [0.1, 0.15) is 5.75 Å². The van der Waals surface area contributed by atoms with Crippen molar-refractivity contribution in [3.05, 3.63) is 53.1 Å². The van der Waals surface area contributed by atoms with E-state index in [1.54, 1.807) is 24.1 Å². The number of fused-ring (bicyclic) bond motifs is 7. The van der Waals surface area contributed by atoms with Crippen LogP contribution in [0.15, 0.2) is 36.4 Å². The average Bonchev–Trinajstić information content (AvgIpc) is 3.35. The maximum atomic E-state index is 13.5. The molecule has 1 aromatic heterocycles. The largest absolute Gasteiger partial charge is 0.497 e. The molecule has 0 radical (unpaired) electrons. The third-order valence-electron chi connectivity index (χ3n) is 10.4. The van der Waals surface area contributed by atoms with Crippen molar-refractivity contribution in [2.75, 3.05) is 34.3 Å². The Morgan fingerprint density at radius 3 is 2.41 bits per heavy atom. The smallest absolute Gasteiger partial charge is 0.311 e.